The summed E-state index contributed by atoms with van der Waals surface area (Å²) in [6.45, 7) is 0. The summed E-state index contributed by atoms with van der Waals surface area (Å²) < 4.78 is 94.8. The molecule has 0 aliphatic carbocycles. The molecule has 1 aromatic heterocycles. The monoisotopic (exact) mass is 374 g/mol. The van der Waals surface area contributed by atoms with Gasteiger partial charge in [-0.2, -0.15) is 25.3 Å². The predicted octanol–water partition coefficient (Wildman–Crippen LogP) is -1.48. The van der Waals surface area contributed by atoms with Crippen LogP contribution in [0, 0.1) is 0 Å². The number of aromatic nitrogens is 2. The van der Waals surface area contributed by atoms with Gasteiger partial charge in [0.15, 0.2) is 0 Å². The molecule has 0 aliphatic rings. The van der Waals surface area contributed by atoms with Gasteiger partial charge in [-0.1, -0.05) is 0 Å². The first-order valence-corrected chi connectivity index (χ1v) is 7.99. The first-order valence-electron chi connectivity index (χ1n) is 3.79. The van der Waals surface area contributed by atoms with E-state index in [0.29, 0.717) is 0 Å². The highest BCUT2D eigenvalue weighted by atomic mass is 32.3. The van der Waals surface area contributed by atoms with Crippen molar-refractivity contribution in [2.45, 2.75) is 0 Å². The lowest BCUT2D eigenvalue weighted by Crippen LogP contribution is -1.89. The molecule has 0 aliphatic heterocycles. The fourth-order valence-corrected chi connectivity index (χ4v) is 0.253. The summed E-state index contributed by atoms with van der Waals surface area (Å²) in [5, 5.41) is 0. The third-order valence-corrected chi connectivity index (χ3v) is 0.478. The maximum atomic E-state index is 8.74. The van der Waals surface area contributed by atoms with E-state index in [-0.39, 0.29) is 0 Å². The number of nitrogens with zero attached hydrogens (tertiary/aromatic N) is 2. The van der Waals surface area contributed by atoms with Crippen molar-refractivity contribution in [2.24, 2.45) is 0 Å². The molecule has 0 spiro atoms. The average molecular weight is 374 g/mol. The Balaban J connectivity index is -0.000000207. The van der Waals surface area contributed by atoms with Gasteiger partial charge in [0.1, 0.15) is 6.33 Å². The molecule has 21 heavy (non-hydrogen) atoms. The first kappa shape index (κ1) is 24.7. The highest BCUT2D eigenvalue weighted by Gasteiger charge is 1.85. The first-order chi connectivity index (χ1) is 9.00. The van der Waals surface area contributed by atoms with Gasteiger partial charge in [-0.3, -0.25) is 27.3 Å². The molecule has 0 saturated heterocycles. The van der Waals surface area contributed by atoms with Crippen LogP contribution in [0.15, 0.2) is 24.8 Å². The van der Waals surface area contributed by atoms with Crippen molar-refractivity contribution >= 4 is 31.2 Å². The molecule has 0 saturated carbocycles. The Morgan fingerprint density at radius 3 is 0.810 bits per heavy atom. The topological polar surface area (TPSA) is 250 Å². The van der Waals surface area contributed by atoms with Crippen LogP contribution in [0.1, 0.15) is 0 Å². The molecular formula is C4H10N2O12S3. The molecule has 0 unspecified atom stereocenters. The normalized spacial score (nSPS) is 10.6. The van der Waals surface area contributed by atoms with E-state index in [2.05, 4.69) is 9.97 Å². The molecule has 1 rings (SSSR count). The van der Waals surface area contributed by atoms with Crippen molar-refractivity contribution in [2.75, 3.05) is 0 Å². The summed E-state index contributed by atoms with van der Waals surface area (Å²) in [6.07, 6.45) is 4.88. The van der Waals surface area contributed by atoms with Crippen molar-refractivity contribution in [1.82, 2.24) is 9.97 Å². The minimum absolute atomic E-state index is 1.50. The van der Waals surface area contributed by atoms with Crippen molar-refractivity contribution in [1.29, 1.82) is 0 Å². The van der Waals surface area contributed by atoms with Gasteiger partial charge in [0.2, 0.25) is 0 Å². The number of hydrogen-bond donors (Lipinski definition) is 6. The highest BCUT2D eigenvalue weighted by Crippen LogP contribution is 1.66. The summed E-state index contributed by atoms with van der Waals surface area (Å²) in [4.78, 5) is 7.35. The molecule has 6 N–H and O–H groups in total. The third-order valence-electron chi connectivity index (χ3n) is 0.478. The van der Waals surface area contributed by atoms with E-state index in [9.17, 15) is 0 Å². The van der Waals surface area contributed by atoms with E-state index in [1.165, 1.54) is 6.33 Å². The van der Waals surface area contributed by atoms with Crippen LogP contribution >= 0.6 is 0 Å². The smallest absolute Gasteiger partial charge is 0.264 e. The van der Waals surface area contributed by atoms with Gasteiger partial charge in [0.05, 0.1) is 0 Å². The van der Waals surface area contributed by atoms with Crippen LogP contribution in [-0.2, 0) is 31.2 Å². The van der Waals surface area contributed by atoms with Crippen LogP contribution in [0.4, 0.5) is 0 Å². The van der Waals surface area contributed by atoms with Crippen LogP contribution in [0.3, 0.4) is 0 Å². The van der Waals surface area contributed by atoms with E-state index in [4.69, 9.17) is 52.6 Å². The molecule has 14 nitrogen and oxygen atoms in total. The van der Waals surface area contributed by atoms with Crippen LogP contribution in [0.25, 0.3) is 0 Å². The van der Waals surface area contributed by atoms with E-state index in [1.54, 1.807) is 18.5 Å². The maximum absolute atomic E-state index is 8.74. The largest absolute Gasteiger partial charge is 0.394 e. The summed E-state index contributed by atoms with van der Waals surface area (Å²) in [7, 11) is -14.0. The van der Waals surface area contributed by atoms with Crippen molar-refractivity contribution in [3.8, 4) is 0 Å². The predicted molar refractivity (Wildman–Crippen MR) is 64.6 cm³/mol. The summed E-state index contributed by atoms with van der Waals surface area (Å²) in [6, 6.07) is 1.78. The van der Waals surface area contributed by atoms with Crippen LogP contribution in [0.5, 0.6) is 0 Å². The minimum atomic E-state index is -4.67. The van der Waals surface area contributed by atoms with E-state index in [1.807, 2.05) is 0 Å². The van der Waals surface area contributed by atoms with Gasteiger partial charge in [0.25, 0.3) is 0 Å². The highest BCUT2D eigenvalue weighted by molar-refractivity contribution is 7.80. The summed E-state index contributed by atoms with van der Waals surface area (Å²) in [5.74, 6) is 0. The van der Waals surface area contributed by atoms with E-state index >= 15 is 0 Å². The Kier molecular flexibility index (Phi) is 13.4. The molecule has 0 amide bonds. The zero-order valence-corrected chi connectivity index (χ0v) is 12.0. The lowest BCUT2D eigenvalue weighted by Gasteiger charge is -1.70. The summed E-state index contributed by atoms with van der Waals surface area (Å²) in [5.41, 5.74) is 0. The van der Waals surface area contributed by atoms with Crippen molar-refractivity contribution in [3.63, 3.8) is 0 Å². The zero-order chi connectivity index (χ0) is 17.7. The van der Waals surface area contributed by atoms with Crippen LogP contribution < -0.4 is 0 Å². The standard InChI is InChI=1S/C4H4N2.3H2O4S/c1-2-5-4-6-3-1;3*1-5(2,3)4/h1-4H;3*(H2,1,2,3,4). The van der Waals surface area contributed by atoms with E-state index in [0.717, 1.165) is 0 Å². The fourth-order valence-electron chi connectivity index (χ4n) is 0.253. The van der Waals surface area contributed by atoms with Crippen molar-refractivity contribution < 1.29 is 52.6 Å². The third kappa shape index (κ3) is 237. The molecular weight excluding hydrogens is 364 g/mol. The maximum Gasteiger partial charge on any atom is 0.394 e. The molecule has 0 atom stereocenters. The van der Waals surface area contributed by atoms with Gasteiger partial charge in [-0.15, -0.1) is 0 Å². The number of rotatable bonds is 0. The lowest BCUT2D eigenvalue weighted by atomic mass is 10.7. The van der Waals surface area contributed by atoms with Gasteiger partial charge in [-0.25, -0.2) is 9.97 Å². The second kappa shape index (κ2) is 11.4. The van der Waals surface area contributed by atoms with Gasteiger partial charge >= 0.3 is 31.2 Å². The summed E-state index contributed by atoms with van der Waals surface area (Å²) >= 11 is 0. The molecule has 0 fully saturated rings. The molecule has 17 heteroatoms. The fraction of sp³-hybridized carbons (Fsp3) is 0. The Morgan fingerprint density at radius 2 is 0.762 bits per heavy atom. The molecule has 0 bridgehead atoms. The average Bonchev–Trinajstić information content (AvgIpc) is 2.12. The molecule has 0 aromatic carbocycles. The number of hydrogen-bond acceptors (Lipinski definition) is 8. The Labute approximate surface area is 119 Å². The van der Waals surface area contributed by atoms with Crippen LogP contribution in [0.2, 0.25) is 0 Å². The van der Waals surface area contributed by atoms with Crippen LogP contribution in [-0.4, -0.2) is 62.5 Å². The zero-order valence-electron chi connectivity index (χ0n) is 9.56. The molecule has 1 aromatic rings. The Bertz CT molecular complexity index is 528. The molecule has 126 valence electrons. The minimum Gasteiger partial charge on any atom is -0.264 e. The van der Waals surface area contributed by atoms with Gasteiger partial charge in [-0.05, 0) is 6.07 Å². The van der Waals surface area contributed by atoms with Gasteiger partial charge < -0.3 is 0 Å². The molecule has 0 radical (unpaired) electrons. The second-order valence-electron chi connectivity index (χ2n) is 2.25. The van der Waals surface area contributed by atoms with Crippen molar-refractivity contribution in [3.05, 3.63) is 24.8 Å². The SMILES string of the molecule is O=S(=O)(O)O.O=S(=O)(O)O.O=S(=O)(O)O.c1cncnc1. The molecule has 1 heterocycles. The Morgan fingerprint density at radius 1 is 0.571 bits per heavy atom. The second-order valence-corrected chi connectivity index (χ2v) is 4.93. The Hall–Kier alpha value is -1.31. The van der Waals surface area contributed by atoms with Gasteiger partial charge in [0, 0.05) is 12.4 Å². The quantitative estimate of drug-likeness (QED) is 0.283. The van der Waals surface area contributed by atoms with E-state index < -0.39 is 31.2 Å². The lowest BCUT2D eigenvalue weighted by molar-refractivity contribution is 0.378.